The summed E-state index contributed by atoms with van der Waals surface area (Å²) in [6.45, 7) is 6.46. The second-order valence-corrected chi connectivity index (χ2v) is 5.82. The minimum Gasteiger partial charge on any atom is -0.382 e. The molecule has 19 heavy (non-hydrogen) atoms. The largest absolute Gasteiger partial charge is 0.382 e. The van der Waals surface area contributed by atoms with E-state index < -0.39 is 0 Å². The summed E-state index contributed by atoms with van der Waals surface area (Å²) in [6, 6.07) is 8.98. The van der Waals surface area contributed by atoms with Gasteiger partial charge in [-0.2, -0.15) is 0 Å². The number of likely N-dealkylation sites (N-methyl/N-ethyl adjacent to an activating group) is 1. The molecule has 0 aliphatic heterocycles. The topological polar surface area (TPSA) is 21.3 Å². The van der Waals surface area contributed by atoms with Crippen molar-refractivity contribution >= 4 is 0 Å². The summed E-state index contributed by atoms with van der Waals surface area (Å²) in [5.74, 6) is 0. The van der Waals surface area contributed by atoms with Gasteiger partial charge in [0.1, 0.15) is 0 Å². The van der Waals surface area contributed by atoms with Gasteiger partial charge in [0.2, 0.25) is 0 Å². The van der Waals surface area contributed by atoms with Crippen LogP contribution in [-0.4, -0.2) is 26.3 Å². The molecule has 2 atom stereocenters. The van der Waals surface area contributed by atoms with Gasteiger partial charge in [0, 0.05) is 19.1 Å². The summed E-state index contributed by atoms with van der Waals surface area (Å²) in [4.78, 5) is 0. The van der Waals surface area contributed by atoms with Gasteiger partial charge in [0.05, 0.1) is 6.10 Å². The molecule has 1 aliphatic rings. The van der Waals surface area contributed by atoms with Crippen molar-refractivity contribution < 1.29 is 4.74 Å². The lowest BCUT2D eigenvalue weighted by Gasteiger charge is -2.41. The van der Waals surface area contributed by atoms with E-state index in [9.17, 15) is 0 Å². The fraction of sp³-hybridized carbons (Fsp3) is 0.647. The first-order valence-electron chi connectivity index (χ1n) is 7.54. The third-order valence-electron chi connectivity index (χ3n) is 4.48. The average molecular weight is 261 g/mol. The van der Waals surface area contributed by atoms with E-state index in [-0.39, 0.29) is 5.41 Å². The molecular weight excluding hydrogens is 234 g/mol. The Morgan fingerprint density at radius 3 is 2.89 bits per heavy atom. The molecule has 1 N–H and O–H groups in total. The second-order valence-electron chi connectivity index (χ2n) is 5.82. The first kappa shape index (κ1) is 14.5. The maximum atomic E-state index is 5.55. The monoisotopic (exact) mass is 261 g/mol. The van der Waals surface area contributed by atoms with Crippen LogP contribution in [0.3, 0.4) is 0 Å². The number of nitrogens with one attached hydrogen (secondary N) is 1. The highest BCUT2D eigenvalue weighted by molar-refractivity contribution is 5.37. The van der Waals surface area contributed by atoms with E-state index in [4.69, 9.17) is 4.74 Å². The Morgan fingerprint density at radius 2 is 2.16 bits per heavy atom. The Morgan fingerprint density at radius 1 is 1.37 bits per heavy atom. The van der Waals surface area contributed by atoms with Gasteiger partial charge in [-0.05, 0) is 50.3 Å². The van der Waals surface area contributed by atoms with Crippen LogP contribution in [0.5, 0.6) is 0 Å². The summed E-state index contributed by atoms with van der Waals surface area (Å²) < 4.78 is 5.55. The van der Waals surface area contributed by atoms with Gasteiger partial charge in [-0.15, -0.1) is 0 Å². The normalized spacial score (nSPS) is 23.9. The summed E-state index contributed by atoms with van der Waals surface area (Å²) in [5.41, 5.74) is 3.33. The quantitative estimate of drug-likeness (QED) is 0.848. The first-order chi connectivity index (χ1) is 9.22. The van der Waals surface area contributed by atoms with Gasteiger partial charge < -0.3 is 10.1 Å². The van der Waals surface area contributed by atoms with Gasteiger partial charge in [-0.25, -0.2) is 0 Å². The molecule has 0 amide bonds. The molecule has 106 valence electrons. The standard InChI is InChI=1S/C17H27NO/c1-4-18-13-17(12-14(2)19-3)11-7-9-15-8-5-6-10-16(15)17/h5-6,8,10,14,18H,4,7,9,11-13H2,1-3H3. The minimum atomic E-state index is 0.250. The van der Waals surface area contributed by atoms with E-state index in [0.717, 1.165) is 19.5 Å². The van der Waals surface area contributed by atoms with Crippen LogP contribution in [0.2, 0.25) is 0 Å². The molecule has 0 saturated carbocycles. The van der Waals surface area contributed by atoms with Gasteiger partial charge >= 0.3 is 0 Å². The molecule has 0 bridgehead atoms. The van der Waals surface area contributed by atoms with Crippen LogP contribution in [0.25, 0.3) is 0 Å². The van der Waals surface area contributed by atoms with Crippen LogP contribution in [0.15, 0.2) is 24.3 Å². The number of benzene rings is 1. The zero-order chi connectivity index (χ0) is 13.7. The van der Waals surface area contributed by atoms with Crippen LogP contribution in [0, 0.1) is 0 Å². The zero-order valence-electron chi connectivity index (χ0n) is 12.5. The Bertz CT molecular complexity index is 404. The van der Waals surface area contributed by atoms with Crippen LogP contribution in [0.1, 0.15) is 44.2 Å². The molecule has 0 heterocycles. The molecule has 0 spiro atoms. The molecule has 2 rings (SSSR count). The smallest absolute Gasteiger partial charge is 0.0552 e. The maximum Gasteiger partial charge on any atom is 0.0552 e. The molecule has 1 aliphatic carbocycles. The lowest BCUT2D eigenvalue weighted by molar-refractivity contribution is 0.0815. The van der Waals surface area contributed by atoms with E-state index in [2.05, 4.69) is 43.4 Å². The van der Waals surface area contributed by atoms with Crippen molar-refractivity contribution in [1.29, 1.82) is 0 Å². The zero-order valence-corrected chi connectivity index (χ0v) is 12.5. The lowest BCUT2D eigenvalue weighted by Crippen LogP contribution is -2.43. The van der Waals surface area contributed by atoms with Gasteiger partial charge in [-0.1, -0.05) is 31.2 Å². The van der Waals surface area contributed by atoms with E-state index in [0.29, 0.717) is 6.10 Å². The fourth-order valence-corrected chi connectivity index (χ4v) is 3.47. The second kappa shape index (κ2) is 6.53. The number of ether oxygens (including phenoxy) is 1. The first-order valence-corrected chi connectivity index (χ1v) is 7.54. The molecule has 2 heteroatoms. The van der Waals surface area contributed by atoms with Crippen LogP contribution in [-0.2, 0) is 16.6 Å². The molecule has 1 aromatic rings. The van der Waals surface area contributed by atoms with Crippen molar-refractivity contribution in [3.63, 3.8) is 0 Å². The summed E-state index contributed by atoms with van der Waals surface area (Å²) >= 11 is 0. The Kier molecular flexibility index (Phi) is 5.00. The summed E-state index contributed by atoms with van der Waals surface area (Å²) in [6.07, 6.45) is 5.20. The van der Waals surface area contributed by atoms with E-state index in [1.54, 1.807) is 5.56 Å². The minimum absolute atomic E-state index is 0.250. The molecular formula is C17H27NO. The number of methoxy groups -OCH3 is 1. The van der Waals surface area contributed by atoms with Crippen LogP contribution < -0.4 is 5.32 Å². The third-order valence-corrected chi connectivity index (χ3v) is 4.48. The Labute approximate surface area is 117 Å². The Balaban J connectivity index is 2.32. The Hall–Kier alpha value is -0.860. The molecule has 2 nitrogen and oxygen atoms in total. The average Bonchev–Trinajstić information content (AvgIpc) is 2.45. The van der Waals surface area contributed by atoms with Crippen LogP contribution in [0.4, 0.5) is 0 Å². The van der Waals surface area contributed by atoms with Gasteiger partial charge in [0.15, 0.2) is 0 Å². The predicted octanol–water partition coefficient (Wildman–Crippen LogP) is 3.30. The van der Waals surface area contributed by atoms with E-state index in [1.165, 1.54) is 24.8 Å². The SMILES string of the molecule is CCNCC1(CC(C)OC)CCCc2ccccc21. The van der Waals surface area contributed by atoms with Crippen molar-refractivity contribution in [3.05, 3.63) is 35.4 Å². The van der Waals surface area contributed by atoms with Gasteiger partial charge in [-0.3, -0.25) is 0 Å². The highest BCUT2D eigenvalue weighted by Crippen LogP contribution is 2.40. The highest BCUT2D eigenvalue weighted by Gasteiger charge is 2.37. The van der Waals surface area contributed by atoms with E-state index in [1.807, 2.05) is 7.11 Å². The maximum absolute atomic E-state index is 5.55. The van der Waals surface area contributed by atoms with Gasteiger partial charge in [0.25, 0.3) is 0 Å². The molecule has 0 fully saturated rings. The highest BCUT2D eigenvalue weighted by atomic mass is 16.5. The predicted molar refractivity (Wildman–Crippen MR) is 80.7 cm³/mol. The number of hydrogen-bond acceptors (Lipinski definition) is 2. The molecule has 0 radical (unpaired) electrons. The lowest BCUT2D eigenvalue weighted by atomic mass is 9.67. The third kappa shape index (κ3) is 3.18. The van der Waals surface area contributed by atoms with Crippen molar-refractivity contribution in [1.82, 2.24) is 5.32 Å². The summed E-state index contributed by atoms with van der Waals surface area (Å²) in [7, 11) is 1.82. The van der Waals surface area contributed by atoms with E-state index >= 15 is 0 Å². The fourth-order valence-electron chi connectivity index (χ4n) is 3.47. The van der Waals surface area contributed by atoms with Crippen molar-refractivity contribution in [2.45, 2.75) is 51.0 Å². The van der Waals surface area contributed by atoms with Crippen molar-refractivity contribution in [2.75, 3.05) is 20.2 Å². The molecule has 0 saturated heterocycles. The van der Waals surface area contributed by atoms with Crippen molar-refractivity contribution in [2.24, 2.45) is 0 Å². The summed E-state index contributed by atoms with van der Waals surface area (Å²) in [5, 5.41) is 3.57. The number of hydrogen-bond donors (Lipinski definition) is 1. The number of rotatable bonds is 6. The van der Waals surface area contributed by atoms with Crippen LogP contribution >= 0.6 is 0 Å². The molecule has 2 unspecified atom stereocenters. The molecule has 1 aromatic carbocycles. The van der Waals surface area contributed by atoms with Crippen molar-refractivity contribution in [3.8, 4) is 0 Å². The number of aryl methyl sites for hydroxylation is 1. The number of fused-ring (bicyclic) bond motifs is 1. The molecule has 0 aromatic heterocycles.